The number of hydrogen-bond acceptors (Lipinski definition) is 3. The van der Waals surface area contributed by atoms with Crippen molar-refractivity contribution in [2.45, 2.75) is 20.8 Å². The van der Waals surface area contributed by atoms with Crippen LogP contribution in [0.1, 0.15) is 16.7 Å². The van der Waals surface area contributed by atoms with Crippen LogP contribution < -0.4 is 0 Å². The van der Waals surface area contributed by atoms with E-state index < -0.39 is 0 Å². The molecule has 0 unspecified atom stereocenters. The minimum absolute atomic E-state index is 0. The Bertz CT molecular complexity index is 1520. The summed E-state index contributed by atoms with van der Waals surface area (Å²) < 4.78 is 1.05. The maximum Gasteiger partial charge on any atom is 3.00 e. The molecule has 0 saturated heterocycles. The third kappa shape index (κ3) is 10.3. The minimum atomic E-state index is 0. The number of aromatic nitrogens is 3. The second-order valence-electron chi connectivity index (χ2n) is 9.13. The van der Waals surface area contributed by atoms with Crippen molar-refractivity contribution < 1.29 is 20.1 Å². The normalized spacial score (nSPS) is 9.76. The van der Waals surface area contributed by atoms with Crippen molar-refractivity contribution in [1.29, 1.82) is 0 Å². The van der Waals surface area contributed by atoms with Gasteiger partial charge in [0.25, 0.3) is 0 Å². The first kappa shape index (κ1) is 31.8. The Morgan fingerprint density at radius 2 is 0.902 bits per heavy atom. The smallest absolute Gasteiger partial charge is 0.305 e. The molecule has 0 saturated carbocycles. The third-order valence-corrected chi connectivity index (χ3v) is 6.25. The first-order chi connectivity index (χ1) is 19.5. The van der Waals surface area contributed by atoms with E-state index in [0.29, 0.717) is 0 Å². The zero-order valence-corrected chi connectivity index (χ0v) is 27.1. The standard InChI is InChI=1S/C12H9BrN.2C12H10N.Ir/c1-9-5-6-14-12(7-9)10-3-2-4-11(13)8-10;2*1-10-7-8-13-12(9-10)11-5-3-2-4-6-11;/h2,4-8H,1H3;2*2-5,7-9H,1H3;/q3*-1;+3. The van der Waals surface area contributed by atoms with E-state index in [-0.39, 0.29) is 20.1 Å². The first-order valence-electron chi connectivity index (χ1n) is 12.9. The molecule has 0 aliphatic carbocycles. The maximum absolute atomic E-state index is 4.30. The summed E-state index contributed by atoms with van der Waals surface area (Å²) in [6.07, 6.45) is 5.47. The number of benzene rings is 3. The fraction of sp³-hybridized carbons (Fsp3) is 0.0833. The minimum Gasteiger partial charge on any atom is -0.305 e. The van der Waals surface area contributed by atoms with E-state index in [9.17, 15) is 0 Å². The molecule has 3 aromatic heterocycles. The van der Waals surface area contributed by atoms with Crippen LogP contribution in [0.15, 0.2) is 126 Å². The van der Waals surface area contributed by atoms with Gasteiger partial charge in [0.1, 0.15) is 0 Å². The fourth-order valence-corrected chi connectivity index (χ4v) is 4.10. The SMILES string of the molecule is Cc1ccnc(-c2[c-]ccc(Br)c2)c1.Cc1ccnc(-c2[c-]cccc2)c1.Cc1ccnc(-c2[c-]cccc2)c1.[Ir+3]. The molecule has 6 rings (SSSR count). The van der Waals surface area contributed by atoms with Crippen molar-refractivity contribution in [3.05, 3.63) is 161 Å². The van der Waals surface area contributed by atoms with E-state index in [1.165, 1.54) is 16.7 Å². The van der Waals surface area contributed by atoms with Gasteiger partial charge in [-0.1, -0.05) is 55.3 Å². The summed E-state index contributed by atoms with van der Waals surface area (Å²) in [6, 6.07) is 43.2. The van der Waals surface area contributed by atoms with Crippen molar-refractivity contribution in [3.8, 4) is 33.8 Å². The van der Waals surface area contributed by atoms with Gasteiger partial charge in [-0.3, -0.25) is 0 Å². The predicted octanol–water partition coefficient (Wildman–Crippen LogP) is 9.33. The number of rotatable bonds is 3. The monoisotopic (exact) mass is 775 g/mol. The topological polar surface area (TPSA) is 38.7 Å². The summed E-state index contributed by atoms with van der Waals surface area (Å²) in [6.45, 7) is 6.19. The number of halogens is 1. The average Bonchev–Trinajstić information content (AvgIpc) is 2.99. The van der Waals surface area contributed by atoms with E-state index in [1.807, 2.05) is 104 Å². The maximum atomic E-state index is 4.30. The summed E-state index contributed by atoms with van der Waals surface area (Å²) in [5.41, 5.74) is 9.71. The summed E-state index contributed by atoms with van der Waals surface area (Å²) >= 11 is 3.43. The molecule has 3 aromatic carbocycles. The van der Waals surface area contributed by atoms with Crippen molar-refractivity contribution in [2.75, 3.05) is 0 Å². The number of nitrogens with zero attached hydrogens (tertiary/aromatic N) is 3. The molecule has 0 radical (unpaired) electrons. The van der Waals surface area contributed by atoms with Crippen molar-refractivity contribution >= 4 is 15.9 Å². The van der Waals surface area contributed by atoms with Gasteiger partial charge < -0.3 is 15.0 Å². The molecule has 0 aliphatic heterocycles. The van der Waals surface area contributed by atoms with Crippen LogP contribution in [0.2, 0.25) is 0 Å². The molecular formula is C36H29BrIrN3. The van der Waals surface area contributed by atoms with Crippen molar-refractivity contribution in [2.24, 2.45) is 0 Å². The largest absolute Gasteiger partial charge is 3.00 e. The van der Waals surface area contributed by atoms with Crippen LogP contribution in [0, 0.1) is 39.0 Å². The van der Waals surface area contributed by atoms with Crippen LogP contribution in [0.25, 0.3) is 33.8 Å². The fourth-order valence-electron chi connectivity index (χ4n) is 3.74. The molecular weight excluding hydrogens is 747 g/mol. The van der Waals surface area contributed by atoms with Crippen LogP contribution in [-0.4, -0.2) is 15.0 Å². The molecule has 0 spiro atoms. The van der Waals surface area contributed by atoms with Gasteiger partial charge in [-0.2, -0.15) is 0 Å². The molecule has 3 nitrogen and oxygen atoms in total. The molecule has 5 heteroatoms. The van der Waals surface area contributed by atoms with Gasteiger partial charge in [-0.15, -0.1) is 102 Å². The second-order valence-corrected chi connectivity index (χ2v) is 10.0. The van der Waals surface area contributed by atoms with E-state index in [0.717, 1.165) is 38.2 Å². The van der Waals surface area contributed by atoms with Crippen molar-refractivity contribution in [3.63, 3.8) is 0 Å². The zero-order chi connectivity index (χ0) is 28.2. The number of hydrogen-bond donors (Lipinski definition) is 0. The molecule has 0 N–H and O–H groups in total. The molecule has 204 valence electrons. The molecule has 3 heterocycles. The molecule has 0 atom stereocenters. The summed E-state index contributed by atoms with van der Waals surface area (Å²) in [4.78, 5) is 12.9. The molecule has 0 fully saturated rings. The van der Waals surface area contributed by atoms with Gasteiger partial charge in [-0.05, 0) is 56.1 Å². The first-order valence-corrected chi connectivity index (χ1v) is 13.7. The van der Waals surface area contributed by atoms with E-state index in [4.69, 9.17) is 0 Å². The van der Waals surface area contributed by atoms with Crippen LogP contribution in [0.3, 0.4) is 0 Å². The number of pyridine rings is 3. The Morgan fingerprint density at radius 3 is 1.27 bits per heavy atom. The molecule has 0 aliphatic rings. The Balaban J connectivity index is 0.000000167. The molecule has 0 amide bonds. The second kappa shape index (κ2) is 16.5. The molecule has 6 aromatic rings. The van der Waals surface area contributed by atoms with E-state index in [2.05, 4.69) is 88.1 Å². The van der Waals surface area contributed by atoms with Gasteiger partial charge in [0.15, 0.2) is 0 Å². The van der Waals surface area contributed by atoms with Gasteiger partial charge in [0.2, 0.25) is 0 Å². The zero-order valence-electron chi connectivity index (χ0n) is 23.1. The average molecular weight is 776 g/mol. The van der Waals surface area contributed by atoms with Crippen LogP contribution in [0.5, 0.6) is 0 Å². The summed E-state index contributed by atoms with van der Waals surface area (Å²) in [5.74, 6) is 0. The molecule has 41 heavy (non-hydrogen) atoms. The molecule has 0 bridgehead atoms. The number of aryl methyl sites for hydroxylation is 3. The Hall–Kier alpha value is -3.76. The van der Waals surface area contributed by atoms with Gasteiger partial charge >= 0.3 is 20.1 Å². The Labute approximate surface area is 265 Å². The van der Waals surface area contributed by atoms with Crippen molar-refractivity contribution in [1.82, 2.24) is 15.0 Å². The van der Waals surface area contributed by atoms with Crippen LogP contribution in [-0.2, 0) is 20.1 Å². The quantitative estimate of drug-likeness (QED) is 0.168. The Kier molecular flexibility index (Phi) is 12.8. The van der Waals surface area contributed by atoms with E-state index >= 15 is 0 Å². The van der Waals surface area contributed by atoms with Gasteiger partial charge in [0.05, 0.1) is 0 Å². The third-order valence-electron chi connectivity index (χ3n) is 5.76. The van der Waals surface area contributed by atoms with Crippen LogP contribution >= 0.6 is 15.9 Å². The predicted molar refractivity (Wildman–Crippen MR) is 167 cm³/mol. The summed E-state index contributed by atoms with van der Waals surface area (Å²) in [7, 11) is 0. The van der Waals surface area contributed by atoms with Crippen LogP contribution in [0.4, 0.5) is 0 Å². The summed E-state index contributed by atoms with van der Waals surface area (Å²) in [5, 5.41) is 0. The van der Waals surface area contributed by atoms with E-state index in [1.54, 1.807) is 0 Å². The Morgan fingerprint density at radius 1 is 0.488 bits per heavy atom. The van der Waals surface area contributed by atoms with Gasteiger partial charge in [0, 0.05) is 18.6 Å². The van der Waals surface area contributed by atoms with Gasteiger partial charge in [-0.25, -0.2) is 0 Å².